The summed E-state index contributed by atoms with van der Waals surface area (Å²) in [6.45, 7) is 2.13. The van der Waals surface area contributed by atoms with Gasteiger partial charge >= 0.3 is 0 Å². The topological polar surface area (TPSA) is 19.4 Å². The van der Waals surface area contributed by atoms with Crippen LogP contribution in [0.2, 0.25) is 0 Å². The van der Waals surface area contributed by atoms with E-state index in [1.165, 1.54) is 6.07 Å². The molecule has 1 aliphatic heterocycles. The Morgan fingerprint density at radius 3 is 2.71 bits per heavy atom. The Bertz CT molecular complexity index is 391. The first-order valence-electron chi connectivity index (χ1n) is 5.80. The molecule has 94 valence electrons. The maximum Gasteiger partial charge on any atom is 0.166 e. The van der Waals surface area contributed by atoms with Gasteiger partial charge < -0.3 is 9.80 Å². The fraction of sp³-hybridized carbons (Fsp3) is 0.583. The Labute approximate surface area is 110 Å². The molecule has 2 rings (SSSR count). The van der Waals surface area contributed by atoms with Gasteiger partial charge in [0.2, 0.25) is 0 Å². The maximum absolute atomic E-state index is 13.8. The van der Waals surface area contributed by atoms with Crippen LogP contribution in [0.1, 0.15) is 12.8 Å². The highest BCUT2D eigenvalue weighted by atomic mass is 79.9. The van der Waals surface area contributed by atoms with Crippen LogP contribution >= 0.6 is 15.9 Å². The number of likely N-dealkylation sites (tertiary alicyclic amines) is 1. The molecule has 1 saturated heterocycles. The van der Waals surface area contributed by atoms with Crippen LogP contribution in [0.3, 0.4) is 0 Å². The summed E-state index contributed by atoms with van der Waals surface area (Å²) < 4.78 is 14.5. The Kier molecular flexibility index (Phi) is 3.99. The molecule has 5 heteroatoms. The highest BCUT2D eigenvalue weighted by Gasteiger charge is 2.23. The van der Waals surface area contributed by atoms with E-state index in [1.807, 2.05) is 11.9 Å². The minimum absolute atomic E-state index is 0.263. The lowest BCUT2D eigenvalue weighted by molar-refractivity contribution is 0.252. The SMILES string of the molecule is CN1CCC(N(C)c2ncc(Br)cc2F)CC1. The number of rotatable bonds is 2. The van der Waals surface area contributed by atoms with Gasteiger partial charge in [-0.3, -0.25) is 0 Å². The summed E-state index contributed by atoms with van der Waals surface area (Å²) in [5.41, 5.74) is 0. The molecular formula is C12H17BrFN3. The minimum atomic E-state index is -0.263. The number of pyridine rings is 1. The zero-order valence-corrected chi connectivity index (χ0v) is 11.7. The van der Waals surface area contributed by atoms with Crippen LogP contribution in [0.25, 0.3) is 0 Å². The van der Waals surface area contributed by atoms with Gasteiger partial charge in [-0.25, -0.2) is 9.37 Å². The van der Waals surface area contributed by atoms with Crippen LogP contribution in [0.5, 0.6) is 0 Å². The number of anilines is 1. The first-order valence-corrected chi connectivity index (χ1v) is 6.59. The molecule has 0 N–H and O–H groups in total. The highest BCUT2D eigenvalue weighted by Crippen LogP contribution is 2.24. The zero-order valence-electron chi connectivity index (χ0n) is 10.2. The smallest absolute Gasteiger partial charge is 0.166 e. The summed E-state index contributed by atoms with van der Waals surface area (Å²) in [4.78, 5) is 8.43. The molecule has 1 aromatic heterocycles. The summed E-state index contributed by atoms with van der Waals surface area (Å²) in [7, 11) is 4.05. The lowest BCUT2D eigenvalue weighted by atomic mass is 10.0. The third-order valence-corrected chi connectivity index (χ3v) is 3.79. The molecule has 0 aromatic carbocycles. The van der Waals surface area contributed by atoms with Gasteiger partial charge in [-0.15, -0.1) is 0 Å². The van der Waals surface area contributed by atoms with Crippen LogP contribution in [-0.2, 0) is 0 Å². The van der Waals surface area contributed by atoms with E-state index >= 15 is 0 Å². The zero-order chi connectivity index (χ0) is 12.4. The fourth-order valence-corrected chi connectivity index (χ4v) is 2.53. The molecule has 2 heterocycles. The average molecular weight is 302 g/mol. The second kappa shape index (κ2) is 5.31. The van der Waals surface area contributed by atoms with E-state index in [4.69, 9.17) is 0 Å². The summed E-state index contributed by atoms with van der Waals surface area (Å²) in [6, 6.07) is 1.85. The predicted molar refractivity (Wildman–Crippen MR) is 70.8 cm³/mol. The first kappa shape index (κ1) is 12.8. The molecule has 0 amide bonds. The number of aromatic nitrogens is 1. The Balaban J connectivity index is 2.11. The van der Waals surface area contributed by atoms with Crippen molar-refractivity contribution in [2.45, 2.75) is 18.9 Å². The molecule has 3 nitrogen and oxygen atoms in total. The van der Waals surface area contributed by atoms with E-state index in [-0.39, 0.29) is 5.82 Å². The lowest BCUT2D eigenvalue weighted by Crippen LogP contribution is -2.42. The van der Waals surface area contributed by atoms with Crippen molar-refractivity contribution in [1.29, 1.82) is 0 Å². The first-order chi connectivity index (χ1) is 8.08. The molecule has 1 fully saturated rings. The second-order valence-electron chi connectivity index (χ2n) is 4.60. The van der Waals surface area contributed by atoms with Gasteiger partial charge in [0.15, 0.2) is 11.6 Å². The van der Waals surface area contributed by atoms with Gasteiger partial charge in [0.1, 0.15) is 0 Å². The van der Waals surface area contributed by atoms with Crippen molar-refractivity contribution in [3.8, 4) is 0 Å². The third-order valence-electron chi connectivity index (χ3n) is 3.36. The van der Waals surface area contributed by atoms with Crippen molar-refractivity contribution < 1.29 is 4.39 Å². The molecule has 0 radical (unpaired) electrons. The number of hydrogen-bond acceptors (Lipinski definition) is 3. The number of piperidine rings is 1. The van der Waals surface area contributed by atoms with Gasteiger partial charge in [0.25, 0.3) is 0 Å². The van der Waals surface area contributed by atoms with Crippen LogP contribution in [-0.4, -0.2) is 43.1 Å². The molecule has 0 saturated carbocycles. The maximum atomic E-state index is 13.8. The van der Waals surface area contributed by atoms with E-state index in [2.05, 4.69) is 32.9 Å². The molecular weight excluding hydrogens is 285 g/mol. The third kappa shape index (κ3) is 2.96. The monoisotopic (exact) mass is 301 g/mol. The van der Waals surface area contributed by atoms with E-state index < -0.39 is 0 Å². The standard InChI is InChI=1S/C12H17BrFN3/c1-16-5-3-10(4-6-16)17(2)12-11(14)7-9(13)8-15-12/h7-8,10H,3-6H2,1-2H3. The summed E-state index contributed by atoms with van der Waals surface area (Å²) in [6.07, 6.45) is 3.76. The van der Waals surface area contributed by atoms with E-state index in [9.17, 15) is 4.39 Å². The molecule has 17 heavy (non-hydrogen) atoms. The van der Waals surface area contributed by atoms with E-state index in [0.717, 1.165) is 25.9 Å². The van der Waals surface area contributed by atoms with Gasteiger partial charge in [0.05, 0.1) is 0 Å². The minimum Gasteiger partial charge on any atom is -0.354 e. The molecule has 0 unspecified atom stereocenters. The van der Waals surface area contributed by atoms with Crippen LogP contribution in [0, 0.1) is 5.82 Å². The van der Waals surface area contributed by atoms with E-state index in [1.54, 1.807) is 6.20 Å². The summed E-state index contributed by atoms with van der Waals surface area (Å²) in [5.74, 6) is 0.184. The van der Waals surface area contributed by atoms with Crippen LogP contribution in [0.4, 0.5) is 10.2 Å². The van der Waals surface area contributed by atoms with Crippen molar-refractivity contribution in [3.63, 3.8) is 0 Å². The molecule has 0 spiro atoms. The highest BCUT2D eigenvalue weighted by molar-refractivity contribution is 9.10. The molecule has 0 aliphatic carbocycles. The van der Waals surface area contributed by atoms with E-state index in [0.29, 0.717) is 16.3 Å². The van der Waals surface area contributed by atoms with Gasteiger partial charge in [-0.2, -0.15) is 0 Å². The number of halogens is 2. The lowest BCUT2D eigenvalue weighted by Gasteiger charge is -2.35. The normalized spacial score (nSPS) is 18.4. The van der Waals surface area contributed by atoms with Crippen molar-refractivity contribution in [2.24, 2.45) is 0 Å². The molecule has 1 aromatic rings. The van der Waals surface area contributed by atoms with Crippen molar-refractivity contribution in [3.05, 3.63) is 22.6 Å². The van der Waals surface area contributed by atoms with Crippen LogP contribution < -0.4 is 4.90 Å². The average Bonchev–Trinajstić information content (AvgIpc) is 2.29. The van der Waals surface area contributed by atoms with Gasteiger partial charge in [-0.05, 0) is 55.0 Å². The van der Waals surface area contributed by atoms with Gasteiger partial charge in [0, 0.05) is 23.8 Å². The molecule has 0 bridgehead atoms. The Morgan fingerprint density at radius 2 is 2.12 bits per heavy atom. The number of hydrogen-bond donors (Lipinski definition) is 0. The molecule has 0 atom stereocenters. The molecule has 1 aliphatic rings. The largest absolute Gasteiger partial charge is 0.354 e. The quantitative estimate of drug-likeness (QED) is 0.837. The summed E-state index contributed by atoms with van der Waals surface area (Å²) >= 11 is 3.22. The van der Waals surface area contributed by atoms with Gasteiger partial charge in [-0.1, -0.05) is 0 Å². The second-order valence-corrected chi connectivity index (χ2v) is 5.52. The van der Waals surface area contributed by atoms with Crippen molar-refractivity contribution in [2.75, 3.05) is 32.1 Å². The number of nitrogens with zero attached hydrogens (tertiary/aromatic N) is 3. The summed E-state index contributed by atoms with van der Waals surface area (Å²) in [5, 5.41) is 0. The van der Waals surface area contributed by atoms with Crippen LogP contribution in [0.15, 0.2) is 16.7 Å². The van der Waals surface area contributed by atoms with Crippen molar-refractivity contribution in [1.82, 2.24) is 9.88 Å². The van der Waals surface area contributed by atoms with Crippen molar-refractivity contribution >= 4 is 21.7 Å². The predicted octanol–water partition coefficient (Wildman–Crippen LogP) is 2.51. The fourth-order valence-electron chi connectivity index (χ4n) is 2.22. The Hall–Kier alpha value is -0.680. The Morgan fingerprint density at radius 1 is 1.47 bits per heavy atom.